The summed E-state index contributed by atoms with van der Waals surface area (Å²) < 4.78 is 0. The maximum Gasteiger partial charge on any atom is 0.306 e. The summed E-state index contributed by atoms with van der Waals surface area (Å²) in [6, 6.07) is 0. The van der Waals surface area contributed by atoms with Crippen molar-refractivity contribution >= 4 is 5.97 Å². The lowest BCUT2D eigenvalue weighted by Gasteiger charge is -2.32. The normalized spacial score (nSPS) is 37.7. The monoisotopic (exact) mass is 183 g/mol. The van der Waals surface area contributed by atoms with Crippen molar-refractivity contribution < 1.29 is 14.7 Å². The van der Waals surface area contributed by atoms with Crippen molar-refractivity contribution in [2.24, 2.45) is 5.92 Å². The van der Waals surface area contributed by atoms with Crippen molar-refractivity contribution in [2.45, 2.75) is 31.3 Å². The highest BCUT2D eigenvalue weighted by Crippen LogP contribution is 2.36. The summed E-state index contributed by atoms with van der Waals surface area (Å²) in [5, 5.41) is 8.80. The van der Waals surface area contributed by atoms with Crippen molar-refractivity contribution in [3.63, 3.8) is 0 Å². The first kappa shape index (κ1) is 8.56. The second-order valence-electron chi connectivity index (χ2n) is 3.73. The lowest BCUT2D eigenvalue weighted by molar-refractivity contribution is -0.145. The van der Waals surface area contributed by atoms with Gasteiger partial charge >= 0.3 is 5.97 Å². The first-order valence-electron chi connectivity index (χ1n) is 4.56. The quantitative estimate of drug-likeness (QED) is 0.638. The number of hydrogen-bond donors (Lipinski definition) is 2. The summed E-state index contributed by atoms with van der Waals surface area (Å²) in [6.07, 6.45) is 6.79. The molecule has 1 heterocycles. The molecular weight excluding hydrogens is 170 g/mol. The van der Waals surface area contributed by atoms with Crippen LogP contribution in [0.5, 0.6) is 0 Å². The van der Waals surface area contributed by atoms with Crippen LogP contribution in [-0.2, 0) is 9.63 Å². The molecular formula is C9H13NO3. The van der Waals surface area contributed by atoms with Gasteiger partial charge in [0.15, 0.2) is 0 Å². The Morgan fingerprint density at radius 3 is 2.69 bits per heavy atom. The van der Waals surface area contributed by atoms with Gasteiger partial charge in [-0.15, -0.1) is 0 Å². The van der Waals surface area contributed by atoms with E-state index in [-0.39, 0.29) is 11.5 Å². The fraction of sp³-hybridized carbons (Fsp3) is 0.667. The van der Waals surface area contributed by atoms with Gasteiger partial charge in [0, 0.05) is 6.20 Å². The summed E-state index contributed by atoms with van der Waals surface area (Å²) in [7, 11) is 0. The van der Waals surface area contributed by atoms with Crippen LogP contribution in [0.25, 0.3) is 0 Å². The van der Waals surface area contributed by atoms with E-state index in [2.05, 4.69) is 5.48 Å². The minimum absolute atomic E-state index is 0.178. The summed E-state index contributed by atoms with van der Waals surface area (Å²) in [4.78, 5) is 16.0. The Morgan fingerprint density at radius 1 is 1.54 bits per heavy atom. The van der Waals surface area contributed by atoms with Gasteiger partial charge in [-0.2, -0.15) is 0 Å². The number of carbonyl (C=O) groups is 1. The van der Waals surface area contributed by atoms with Crippen LogP contribution in [0.2, 0.25) is 0 Å². The Labute approximate surface area is 76.5 Å². The Balaban J connectivity index is 1.96. The molecule has 13 heavy (non-hydrogen) atoms. The topological polar surface area (TPSA) is 58.6 Å². The molecule has 0 bridgehead atoms. The highest BCUT2D eigenvalue weighted by Gasteiger charge is 2.38. The molecule has 72 valence electrons. The molecule has 4 nitrogen and oxygen atoms in total. The van der Waals surface area contributed by atoms with E-state index in [9.17, 15) is 4.79 Å². The van der Waals surface area contributed by atoms with E-state index in [1.165, 1.54) is 0 Å². The average Bonchev–Trinajstić information content (AvgIpc) is 2.54. The minimum Gasteiger partial charge on any atom is -0.481 e. The molecule has 1 saturated carbocycles. The molecule has 2 rings (SSSR count). The average molecular weight is 183 g/mol. The molecule has 0 amide bonds. The van der Waals surface area contributed by atoms with Crippen molar-refractivity contribution in [1.82, 2.24) is 5.48 Å². The van der Waals surface area contributed by atoms with E-state index < -0.39 is 5.97 Å². The minimum atomic E-state index is -0.676. The number of hydrogen-bond acceptors (Lipinski definition) is 3. The van der Waals surface area contributed by atoms with Crippen molar-refractivity contribution in [1.29, 1.82) is 0 Å². The highest BCUT2D eigenvalue weighted by molar-refractivity contribution is 5.70. The molecule has 1 spiro atoms. The van der Waals surface area contributed by atoms with Crippen LogP contribution < -0.4 is 5.48 Å². The third-order valence-electron chi connectivity index (χ3n) is 2.90. The summed E-state index contributed by atoms with van der Waals surface area (Å²) in [5.41, 5.74) is 2.48. The van der Waals surface area contributed by atoms with E-state index in [0.717, 1.165) is 12.8 Å². The van der Waals surface area contributed by atoms with Gasteiger partial charge in [0.1, 0.15) is 5.60 Å². The zero-order chi connectivity index (χ0) is 9.31. The van der Waals surface area contributed by atoms with Gasteiger partial charge in [-0.1, -0.05) is 0 Å². The van der Waals surface area contributed by atoms with Crippen LogP contribution in [0.4, 0.5) is 0 Å². The summed E-state index contributed by atoms with van der Waals surface area (Å²) in [6.45, 7) is 0. The van der Waals surface area contributed by atoms with Crippen LogP contribution in [0.3, 0.4) is 0 Å². The van der Waals surface area contributed by atoms with Gasteiger partial charge in [0.2, 0.25) is 0 Å². The molecule has 1 fully saturated rings. The SMILES string of the molecule is O=C(O)C1CCC2(C=CNO2)CC1. The molecule has 0 radical (unpaired) electrons. The number of carboxylic acid groups (broad SMARTS) is 1. The fourth-order valence-corrected chi connectivity index (χ4v) is 1.99. The molecule has 0 aromatic heterocycles. The van der Waals surface area contributed by atoms with E-state index in [4.69, 9.17) is 9.94 Å². The number of nitrogens with one attached hydrogen (secondary N) is 1. The predicted octanol–water partition coefficient (Wildman–Crippen LogP) is 1.05. The van der Waals surface area contributed by atoms with Crippen molar-refractivity contribution in [2.75, 3.05) is 0 Å². The Kier molecular flexibility index (Phi) is 2.00. The van der Waals surface area contributed by atoms with Crippen LogP contribution in [0.1, 0.15) is 25.7 Å². The molecule has 2 aliphatic rings. The van der Waals surface area contributed by atoms with Crippen molar-refractivity contribution in [3.8, 4) is 0 Å². The van der Waals surface area contributed by atoms with Crippen molar-refractivity contribution in [3.05, 3.63) is 12.3 Å². The maximum atomic E-state index is 10.7. The first-order chi connectivity index (χ1) is 6.22. The molecule has 1 aliphatic carbocycles. The zero-order valence-corrected chi connectivity index (χ0v) is 7.32. The maximum absolute atomic E-state index is 10.7. The molecule has 0 saturated heterocycles. The van der Waals surface area contributed by atoms with E-state index in [1.807, 2.05) is 6.08 Å². The van der Waals surface area contributed by atoms with Gasteiger partial charge in [0.05, 0.1) is 5.92 Å². The first-order valence-corrected chi connectivity index (χ1v) is 4.56. The summed E-state index contributed by atoms with van der Waals surface area (Å²) >= 11 is 0. The zero-order valence-electron chi connectivity index (χ0n) is 7.32. The lowest BCUT2D eigenvalue weighted by atomic mass is 9.79. The van der Waals surface area contributed by atoms with E-state index >= 15 is 0 Å². The van der Waals surface area contributed by atoms with Crippen LogP contribution in [-0.4, -0.2) is 16.7 Å². The van der Waals surface area contributed by atoms with Gasteiger partial charge in [0.25, 0.3) is 0 Å². The standard InChI is InChI=1S/C9H13NO3/c11-8(12)7-1-3-9(4-2-7)5-6-10-13-9/h5-7,10H,1-4H2,(H,11,12). The Morgan fingerprint density at radius 2 is 2.23 bits per heavy atom. The molecule has 2 N–H and O–H groups in total. The highest BCUT2D eigenvalue weighted by atomic mass is 16.7. The largest absolute Gasteiger partial charge is 0.481 e. The van der Waals surface area contributed by atoms with Crippen LogP contribution in [0, 0.1) is 5.92 Å². The third-order valence-corrected chi connectivity index (χ3v) is 2.90. The molecule has 0 aromatic carbocycles. The number of rotatable bonds is 1. The van der Waals surface area contributed by atoms with E-state index in [1.54, 1.807) is 6.20 Å². The Bertz CT molecular complexity index is 241. The molecule has 1 aliphatic heterocycles. The fourth-order valence-electron chi connectivity index (χ4n) is 1.99. The van der Waals surface area contributed by atoms with Gasteiger partial charge < -0.3 is 5.11 Å². The number of hydroxylamine groups is 1. The van der Waals surface area contributed by atoms with Gasteiger partial charge in [-0.05, 0) is 31.8 Å². The molecule has 0 aromatic rings. The smallest absolute Gasteiger partial charge is 0.306 e. The van der Waals surface area contributed by atoms with Gasteiger partial charge in [-0.3, -0.25) is 15.1 Å². The second kappa shape index (κ2) is 3.03. The van der Waals surface area contributed by atoms with Gasteiger partial charge in [-0.25, -0.2) is 0 Å². The van der Waals surface area contributed by atoms with Crippen LogP contribution in [0.15, 0.2) is 12.3 Å². The second-order valence-corrected chi connectivity index (χ2v) is 3.73. The van der Waals surface area contributed by atoms with E-state index in [0.29, 0.717) is 12.8 Å². The Hall–Kier alpha value is -1.03. The molecule has 0 unspecified atom stereocenters. The number of aliphatic carboxylic acids is 1. The predicted molar refractivity (Wildman–Crippen MR) is 45.7 cm³/mol. The molecule has 0 atom stereocenters. The molecule has 4 heteroatoms. The van der Waals surface area contributed by atoms with Crippen LogP contribution >= 0.6 is 0 Å². The third kappa shape index (κ3) is 1.54. The number of carboxylic acids is 1. The lowest BCUT2D eigenvalue weighted by Crippen LogP contribution is -2.36. The summed E-state index contributed by atoms with van der Waals surface area (Å²) in [5.74, 6) is -0.854.